The van der Waals surface area contributed by atoms with Crippen molar-refractivity contribution in [3.63, 3.8) is 0 Å². The summed E-state index contributed by atoms with van der Waals surface area (Å²) in [5.74, 6) is 4.95. The van der Waals surface area contributed by atoms with Crippen LogP contribution in [0.25, 0.3) is 0 Å². The van der Waals surface area contributed by atoms with Gasteiger partial charge in [0.1, 0.15) is 12.1 Å². The second-order valence-electron chi connectivity index (χ2n) is 13.4. The molecule has 0 bridgehead atoms. The van der Waals surface area contributed by atoms with Crippen LogP contribution in [0, 0.1) is 46.3 Å². The molecule has 33 heavy (non-hydrogen) atoms. The fraction of sp³-hybridized carbons (Fsp3) is 0.900. The van der Waals surface area contributed by atoms with Crippen molar-refractivity contribution in [3.8, 4) is 0 Å². The van der Waals surface area contributed by atoms with Gasteiger partial charge in [0.15, 0.2) is 0 Å². The molecule has 3 fully saturated rings. The standard InChI is InChI=1S/C30H51NO2/c1-19(2)8-7-9-20(3)25-12-13-26-24-11-10-22-18-23(33-28(32)21(4)31)14-16-29(22,5)27(24)15-17-30(25,26)6/h10,19-21,23-27H,7-9,11-18,31H2,1-6H3/t20-,21+,23?,24?,25-,26?,27?,29+,30-/m1/s1. The van der Waals surface area contributed by atoms with Crippen molar-refractivity contribution < 1.29 is 9.53 Å². The Kier molecular flexibility index (Phi) is 7.40. The average molecular weight is 458 g/mol. The van der Waals surface area contributed by atoms with Crippen LogP contribution in [0.3, 0.4) is 0 Å². The lowest BCUT2D eigenvalue weighted by Crippen LogP contribution is -2.51. The van der Waals surface area contributed by atoms with Gasteiger partial charge in [-0.3, -0.25) is 4.79 Å². The molecule has 0 aromatic carbocycles. The Morgan fingerprint density at radius 2 is 1.82 bits per heavy atom. The van der Waals surface area contributed by atoms with Crippen LogP contribution in [0.2, 0.25) is 0 Å². The highest BCUT2D eigenvalue weighted by atomic mass is 16.5. The summed E-state index contributed by atoms with van der Waals surface area (Å²) in [7, 11) is 0. The topological polar surface area (TPSA) is 52.3 Å². The van der Waals surface area contributed by atoms with Gasteiger partial charge in [0.2, 0.25) is 0 Å². The summed E-state index contributed by atoms with van der Waals surface area (Å²) in [5, 5.41) is 0. The highest BCUT2D eigenvalue weighted by molar-refractivity contribution is 5.75. The van der Waals surface area contributed by atoms with Crippen molar-refractivity contribution in [2.75, 3.05) is 0 Å². The number of allylic oxidation sites excluding steroid dienone is 1. The second-order valence-corrected chi connectivity index (χ2v) is 13.4. The molecule has 3 heteroatoms. The molecule has 2 N–H and O–H groups in total. The maximum atomic E-state index is 12.1. The van der Waals surface area contributed by atoms with Crippen LogP contribution in [0.15, 0.2) is 11.6 Å². The van der Waals surface area contributed by atoms with Crippen molar-refractivity contribution in [2.45, 2.75) is 124 Å². The largest absolute Gasteiger partial charge is 0.461 e. The van der Waals surface area contributed by atoms with Gasteiger partial charge in [0.05, 0.1) is 0 Å². The molecular weight excluding hydrogens is 406 g/mol. The van der Waals surface area contributed by atoms with Crippen LogP contribution in [-0.2, 0) is 9.53 Å². The lowest BCUT2D eigenvalue weighted by molar-refractivity contribution is -0.152. The molecule has 4 aliphatic carbocycles. The first-order valence-corrected chi connectivity index (χ1v) is 14.2. The van der Waals surface area contributed by atoms with Gasteiger partial charge in [-0.25, -0.2) is 0 Å². The maximum Gasteiger partial charge on any atom is 0.322 e. The molecule has 4 aliphatic rings. The van der Waals surface area contributed by atoms with Gasteiger partial charge in [-0.2, -0.15) is 0 Å². The first-order valence-electron chi connectivity index (χ1n) is 14.2. The Morgan fingerprint density at radius 3 is 2.52 bits per heavy atom. The van der Waals surface area contributed by atoms with Crippen molar-refractivity contribution in [1.29, 1.82) is 0 Å². The van der Waals surface area contributed by atoms with E-state index in [2.05, 4.69) is 40.7 Å². The average Bonchev–Trinajstić information content (AvgIpc) is 3.11. The Hall–Kier alpha value is -0.830. The summed E-state index contributed by atoms with van der Waals surface area (Å²) in [6.45, 7) is 14.2. The molecule has 3 saturated carbocycles. The van der Waals surface area contributed by atoms with Gasteiger partial charge >= 0.3 is 5.97 Å². The molecular formula is C30H51NO2. The molecule has 0 aliphatic heterocycles. The number of ether oxygens (including phenoxy) is 1. The zero-order valence-electron chi connectivity index (χ0n) is 22.4. The van der Waals surface area contributed by atoms with Gasteiger partial charge in [0, 0.05) is 6.42 Å². The van der Waals surface area contributed by atoms with Crippen LogP contribution >= 0.6 is 0 Å². The minimum atomic E-state index is -0.526. The number of carbonyl (C=O) groups is 1. The molecule has 4 unspecified atom stereocenters. The van der Waals surface area contributed by atoms with E-state index >= 15 is 0 Å². The third-order valence-corrected chi connectivity index (χ3v) is 10.9. The van der Waals surface area contributed by atoms with Crippen LogP contribution in [-0.4, -0.2) is 18.1 Å². The number of esters is 1. The smallest absolute Gasteiger partial charge is 0.322 e. The molecule has 188 valence electrons. The molecule has 0 saturated heterocycles. The minimum Gasteiger partial charge on any atom is -0.461 e. The molecule has 0 amide bonds. The SMILES string of the molecule is CC(C)CCC[C@@H](C)[C@H]1CCC2C3CC=C4CC(OC(=O)[C@H](C)N)CC[C@]4(C)C3CC[C@@]21C. The molecule has 9 atom stereocenters. The maximum absolute atomic E-state index is 12.1. The van der Waals surface area contributed by atoms with E-state index in [4.69, 9.17) is 10.5 Å². The fourth-order valence-corrected chi connectivity index (χ4v) is 9.02. The Morgan fingerprint density at radius 1 is 1.06 bits per heavy atom. The summed E-state index contributed by atoms with van der Waals surface area (Å²) in [4.78, 5) is 12.1. The van der Waals surface area contributed by atoms with E-state index in [0.29, 0.717) is 10.8 Å². The Bertz CT molecular complexity index is 742. The summed E-state index contributed by atoms with van der Waals surface area (Å²) in [5.41, 5.74) is 8.18. The fourth-order valence-electron chi connectivity index (χ4n) is 9.02. The number of hydrogen-bond donors (Lipinski definition) is 1. The molecule has 0 aromatic rings. The zero-order valence-corrected chi connectivity index (χ0v) is 22.4. The van der Waals surface area contributed by atoms with Gasteiger partial charge < -0.3 is 10.5 Å². The number of nitrogens with two attached hydrogens (primary N) is 1. The normalized spacial score (nSPS) is 42.1. The summed E-state index contributed by atoms with van der Waals surface area (Å²) in [6.07, 6.45) is 16.9. The van der Waals surface area contributed by atoms with E-state index < -0.39 is 6.04 Å². The number of carbonyl (C=O) groups excluding carboxylic acids is 1. The summed E-state index contributed by atoms with van der Waals surface area (Å²) < 4.78 is 5.75. The molecule has 0 aromatic heterocycles. The van der Waals surface area contributed by atoms with Gasteiger partial charge in [-0.05, 0) is 98.2 Å². The van der Waals surface area contributed by atoms with E-state index in [0.717, 1.165) is 54.8 Å². The van der Waals surface area contributed by atoms with Crippen LogP contribution in [0.5, 0.6) is 0 Å². The van der Waals surface area contributed by atoms with Gasteiger partial charge in [-0.1, -0.05) is 65.5 Å². The Balaban J connectivity index is 1.45. The third-order valence-electron chi connectivity index (χ3n) is 10.9. The lowest BCUT2D eigenvalue weighted by atomic mass is 9.47. The third kappa shape index (κ3) is 4.69. The lowest BCUT2D eigenvalue weighted by Gasteiger charge is -2.58. The predicted octanol–water partition coefficient (Wildman–Crippen LogP) is 7.29. The van der Waals surface area contributed by atoms with Gasteiger partial charge in [0.25, 0.3) is 0 Å². The molecule has 4 rings (SSSR count). The van der Waals surface area contributed by atoms with Crippen LogP contribution in [0.4, 0.5) is 0 Å². The van der Waals surface area contributed by atoms with Crippen molar-refractivity contribution in [1.82, 2.24) is 0 Å². The monoisotopic (exact) mass is 457 g/mol. The Labute approximate surface area is 203 Å². The molecule has 0 spiro atoms. The van der Waals surface area contributed by atoms with Crippen LogP contribution < -0.4 is 5.73 Å². The minimum absolute atomic E-state index is 0.0239. The quantitative estimate of drug-likeness (QED) is 0.322. The zero-order chi connectivity index (χ0) is 24.0. The highest BCUT2D eigenvalue weighted by Crippen LogP contribution is 2.67. The van der Waals surface area contributed by atoms with E-state index in [1.807, 2.05) is 0 Å². The van der Waals surface area contributed by atoms with E-state index in [-0.39, 0.29) is 12.1 Å². The summed E-state index contributed by atoms with van der Waals surface area (Å²) >= 11 is 0. The number of fused-ring (bicyclic) bond motifs is 5. The number of rotatable bonds is 7. The van der Waals surface area contributed by atoms with E-state index in [1.54, 1.807) is 12.5 Å². The molecule has 0 heterocycles. The molecule has 0 radical (unpaired) electrons. The molecule has 3 nitrogen and oxygen atoms in total. The van der Waals surface area contributed by atoms with E-state index in [9.17, 15) is 4.79 Å². The van der Waals surface area contributed by atoms with Crippen LogP contribution in [0.1, 0.15) is 112 Å². The predicted molar refractivity (Wildman–Crippen MR) is 137 cm³/mol. The van der Waals surface area contributed by atoms with E-state index in [1.165, 1.54) is 51.4 Å². The highest BCUT2D eigenvalue weighted by Gasteiger charge is 2.59. The second kappa shape index (κ2) is 9.67. The van der Waals surface area contributed by atoms with Crippen molar-refractivity contribution in [2.24, 2.45) is 52.1 Å². The first-order chi connectivity index (χ1) is 15.6. The first kappa shape index (κ1) is 25.3. The van der Waals surface area contributed by atoms with Crippen molar-refractivity contribution in [3.05, 3.63) is 11.6 Å². The van der Waals surface area contributed by atoms with Crippen molar-refractivity contribution >= 4 is 5.97 Å². The number of hydrogen-bond acceptors (Lipinski definition) is 3. The van der Waals surface area contributed by atoms with Gasteiger partial charge in [-0.15, -0.1) is 0 Å². The summed E-state index contributed by atoms with van der Waals surface area (Å²) in [6, 6.07) is -0.526.